The van der Waals surface area contributed by atoms with Crippen LogP contribution in [0.5, 0.6) is 0 Å². The highest BCUT2D eigenvalue weighted by Crippen LogP contribution is 2.29. The summed E-state index contributed by atoms with van der Waals surface area (Å²) in [7, 11) is 0. The Labute approximate surface area is 120 Å². The molecule has 5 heteroatoms. The largest absolute Gasteiger partial charge is 0.481 e. The topological polar surface area (TPSA) is 40.5 Å². The monoisotopic (exact) mass is 331 g/mol. The second kappa shape index (κ2) is 6.68. The van der Waals surface area contributed by atoms with Crippen LogP contribution < -0.4 is 0 Å². The molecule has 0 aromatic carbocycles. The summed E-state index contributed by atoms with van der Waals surface area (Å²) in [5.41, 5.74) is 0. The van der Waals surface area contributed by atoms with Crippen molar-refractivity contribution < 1.29 is 9.90 Å². The van der Waals surface area contributed by atoms with Gasteiger partial charge in [0.15, 0.2) is 0 Å². The number of rotatable bonds is 5. The zero-order valence-corrected chi connectivity index (χ0v) is 12.7. The van der Waals surface area contributed by atoms with Crippen molar-refractivity contribution >= 4 is 33.2 Å². The molecule has 0 aliphatic carbocycles. The minimum absolute atomic E-state index is 0.358. The molecule has 2 rings (SSSR count). The molecule has 1 aliphatic rings. The van der Waals surface area contributed by atoms with E-state index in [1.807, 2.05) is 11.4 Å². The van der Waals surface area contributed by atoms with Crippen LogP contribution in [-0.4, -0.2) is 35.6 Å². The van der Waals surface area contributed by atoms with E-state index < -0.39 is 5.97 Å². The molecule has 1 aliphatic heterocycles. The molecule has 1 aromatic heterocycles. The molecule has 0 saturated carbocycles. The average molecular weight is 332 g/mol. The molecule has 0 spiro atoms. The molecule has 1 unspecified atom stereocenters. The fourth-order valence-electron chi connectivity index (χ4n) is 2.39. The van der Waals surface area contributed by atoms with Gasteiger partial charge in [0, 0.05) is 14.7 Å². The highest BCUT2D eigenvalue weighted by Gasteiger charge is 2.22. The number of hydrogen-bond acceptors (Lipinski definition) is 3. The molecule has 2 heterocycles. The van der Waals surface area contributed by atoms with Gasteiger partial charge in [-0.1, -0.05) is 6.42 Å². The smallest absolute Gasteiger partial charge is 0.311 e. The van der Waals surface area contributed by atoms with Crippen LogP contribution in [-0.2, 0) is 4.79 Å². The van der Waals surface area contributed by atoms with Gasteiger partial charge >= 0.3 is 5.97 Å². The first-order chi connectivity index (χ1) is 8.66. The van der Waals surface area contributed by atoms with Crippen LogP contribution in [0.1, 0.15) is 36.5 Å². The zero-order valence-electron chi connectivity index (χ0n) is 10.3. The van der Waals surface area contributed by atoms with Crippen molar-refractivity contribution in [3.05, 3.63) is 20.8 Å². The predicted molar refractivity (Wildman–Crippen MR) is 77.3 cm³/mol. The van der Waals surface area contributed by atoms with Crippen LogP contribution in [0.4, 0.5) is 0 Å². The molecule has 0 radical (unpaired) electrons. The van der Waals surface area contributed by atoms with E-state index in [1.165, 1.54) is 30.6 Å². The average Bonchev–Trinajstić information content (AvgIpc) is 2.77. The molecule has 100 valence electrons. The lowest BCUT2D eigenvalue weighted by Crippen LogP contribution is -2.32. The Kier molecular flexibility index (Phi) is 5.21. The van der Waals surface area contributed by atoms with E-state index in [0.717, 1.165) is 29.0 Å². The van der Waals surface area contributed by atoms with Gasteiger partial charge < -0.3 is 10.0 Å². The maximum absolute atomic E-state index is 11.4. The first-order valence-corrected chi connectivity index (χ1v) is 8.03. The maximum atomic E-state index is 11.4. The van der Waals surface area contributed by atoms with Gasteiger partial charge in [-0.25, -0.2) is 0 Å². The molecular formula is C13H18BrNO2S. The van der Waals surface area contributed by atoms with E-state index >= 15 is 0 Å². The quantitative estimate of drug-likeness (QED) is 0.896. The van der Waals surface area contributed by atoms with E-state index in [1.54, 1.807) is 0 Å². The van der Waals surface area contributed by atoms with E-state index in [2.05, 4.69) is 20.8 Å². The summed E-state index contributed by atoms with van der Waals surface area (Å²) >= 11 is 4.91. The van der Waals surface area contributed by atoms with Gasteiger partial charge in [-0.15, -0.1) is 11.3 Å². The highest BCUT2D eigenvalue weighted by molar-refractivity contribution is 9.10. The minimum Gasteiger partial charge on any atom is -0.481 e. The Morgan fingerprint density at radius 3 is 2.72 bits per heavy atom. The summed E-state index contributed by atoms with van der Waals surface area (Å²) in [6.45, 7) is 3.15. The van der Waals surface area contributed by atoms with Gasteiger partial charge in [0.25, 0.3) is 0 Å². The summed E-state index contributed by atoms with van der Waals surface area (Å²) in [5, 5.41) is 11.3. The Morgan fingerprint density at radius 1 is 1.44 bits per heavy atom. The normalized spacial score (nSPS) is 18.7. The number of carbonyl (C=O) groups is 1. The number of aliphatic carboxylic acids is 1. The SMILES string of the molecule is O=C(O)C(CCN1CCCCC1)c1cc(Br)cs1. The first-order valence-electron chi connectivity index (χ1n) is 6.36. The molecule has 1 saturated heterocycles. The second-order valence-corrected chi connectivity index (χ2v) is 6.61. The van der Waals surface area contributed by atoms with Gasteiger partial charge in [0.2, 0.25) is 0 Å². The third-order valence-corrected chi connectivity index (χ3v) is 5.22. The number of halogens is 1. The summed E-state index contributed by atoms with van der Waals surface area (Å²) in [4.78, 5) is 14.7. The van der Waals surface area contributed by atoms with Crippen molar-refractivity contribution in [2.75, 3.05) is 19.6 Å². The van der Waals surface area contributed by atoms with Gasteiger partial charge in [0.1, 0.15) is 0 Å². The third kappa shape index (κ3) is 3.80. The highest BCUT2D eigenvalue weighted by atomic mass is 79.9. The van der Waals surface area contributed by atoms with E-state index in [4.69, 9.17) is 0 Å². The number of piperidine rings is 1. The molecule has 1 atom stereocenters. The predicted octanol–water partition coefficient (Wildman–Crippen LogP) is 3.55. The van der Waals surface area contributed by atoms with Gasteiger partial charge in [-0.3, -0.25) is 4.79 Å². The van der Waals surface area contributed by atoms with Gasteiger partial charge in [-0.05, 0) is 60.9 Å². The lowest BCUT2D eigenvalue weighted by molar-refractivity contribution is -0.139. The Bertz CT molecular complexity index is 401. The number of nitrogens with zero attached hydrogens (tertiary/aromatic N) is 1. The van der Waals surface area contributed by atoms with E-state index in [9.17, 15) is 9.90 Å². The number of carboxylic acid groups (broad SMARTS) is 1. The number of likely N-dealkylation sites (tertiary alicyclic amines) is 1. The summed E-state index contributed by atoms with van der Waals surface area (Å²) in [6, 6.07) is 1.93. The van der Waals surface area contributed by atoms with Crippen molar-refractivity contribution in [2.45, 2.75) is 31.6 Å². The summed E-state index contributed by atoms with van der Waals surface area (Å²) in [5.74, 6) is -1.07. The van der Waals surface area contributed by atoms with Crippen molar-refractivity contribution in [1.82, 2.24) is 4.90 Å². The van der Waals surface area contributed by atoms with Crippen molar-refractivity contribution in [1.29, 1.82) is 0 Å². The molecule has 18 heavy (non-hydrogen) atoms. The Morgan fingerprint density at radius 2 is 2.17 bits per heavy atom. The van der Waals surface area contributed by atoms with Crippen LogP contribution in [0, 0.1) is 0 Å². The molecule has 3 nitrogen and oxygen atoms in total. The van der Waals surface area contributed by atoms with Crippen molar-refractivity contribution in [3.63, 3.8) is 0 Å². The maximum Gasteiger partial charge on any atom is 0.311 e. The number of hydrogen-bond donors (Lipinski definition) is 1. The van der Waals surface area contributed by atoms with Crippen LogP contribution in [0.3, 0.4) is 0 Å². The van der Waals surface area contributed by atoms with Crippen molar-refractivity contribution in [3.8, 4) is 0 Å². The van der Waals surface area contributed by atoms with Crippen LogP contribution in [0.25, 0.3) is 0 Å². The molecule has 0 amide bonds. The zero-order chi connectivity index (χ0) is 13.0. The summed E-state index contributed by atoms with van der Waals surface area (Å²) < 4.78 is 0.978. The number of thiophene rings is 1. The van der Waals surface area contributed by atoms with Gasteiger partial charge in [-0.2, -0.15) is 0 Å². The fourth-order valence-corrected chi connectivity index (χ4v) is 3.97. The molecule has 1 N–H and O–H groups in total. The Balaban J connectivity index is 1.92. The van der Waals surface area contributed by atoms with Gasteiger partial charge in [0.05, 0.1) is 5.92 Å². The third-order valence-electron chi connectivity index (χ3n) is 3.41. The second-order valence-electron chi connectivity index (χ2n) is 4.75. The Hall–Kier alpha value is -0.390. The van der Waals surface area contributed by atoms with E-state index in [0.29, 0.717) is 6.42 Å². The molecule has 1 aromatic rings. The number of carboxylic acids is 1. The van der Waals surface area contributed by atoms with Crippen LogP contribution in [0.2, 0.25) is 0 Å². The van der Waals surface area contributed by atoms with Crippen molar-refractivity contribution in [2.24, 2.45) is 0 Å². The van der Waals surface area contributed by atoms with Crippen LogP contribution >= 0.6 is 27.3 Å². The fraction of sp³-hybridized carbons (Fsp3) is 0.615. The van der Waals surface area contributed by atoms with Crippen LogP contribution in [0.15, 0.2) is 15.9 Å². The summed E-state index contributed by atoms with van der Waals surface area (Å²) in [6.07, 6.45) is 4.53. The lowest BCUT2D eigenvalue weighted by atomic mass is 10.0. The molecule has 0 bridgehead atoms. The standard InChI is InChI=1S/C13H18BrNO2S/c14-10-8-12(18-9-10)11(13(16)17)4-7-15-5-2-1-3-6-15/h8-9,11H,1-7H2,(H,16,17). The molecular weight excluding hydrogens is 314 g/mol. The van der Waals surface area contributed by atoms with E-state index in [-0.39, 0.29) is 5.92 Å². The molecule has 1 fully saturated rings. The minimum atomic E-state index is -0.707. The first kappa shape index (κ1) is 14.0. The lowest BCUT2D eigenvalue weighted by Gasteiger charge is -2.27.